The molecule has 2 aliphatic rings. The number of aromatic amines is 2. The number of nitrogens with one attached hydrogen (secondary N) is 4. The van der Waals surface area contributed by atoms with E-state index in [1.165, 1.54) is 0 Å². The second kappa shape index (κ2) is 14.7. The summed E-state index contributed by atoms with van der Waals surface area (Å²) in [7, 11) is 1.63. The Morgan fingerprint density at radius 1 is 0.979 bits per heavy atom. The van der Waals surface area contributed by atoms with Gasteiger partial charge in [0.05, 0.1) is 17.0 Å². The van der Waals surface area contributed by atoms with E-state index in [9.17, 15) is 19.8 Å². The number of allylic oxidation sites excluding steroid dienone is 1. The van der Waals surface area contributed by atoms with Crippen molar-refractivity contribution in [1.82, 2.24) is 30.6 Å². The van der Waals surface area contributed by atoms with Crippen LogP contribution in [-0.4, -0.2) is 68.8 Å². The van der Waals surface area contributed by atoms with Gasteiger partial charge in [0.2, 0.25) is 5.91 Å². The Morgan fingerprint density at radius 3 is 2.38 bits per heavy atom. The van der Waals surface area contributed by atoms with Crippen molar-refractivity contribution in [1.29, 1.82) is 0 Å². The number of aliphatic hydroxyl groups is 2. The predicted molar refractivity (Wildman–Crippen MR) is 192 cm³/mol. The van der Waals surface area contributed by atoms with Gasteiger partial charge >= 0.3 is 0 Å². The van der Waals surface area contributed by atoms with Crippen molar-refractivity contribution in [3.8, 4) is 0 Å². The fraction of sp³-hybridized carbons (Fsp3) is 0.421. The quantitative estimate of drug-likeness (QED) is 0.150. The van der Waals surface area contributed by atoms with Gasteiger partial charge in [-0.15, -0.1) is 0 Å². The molecule has 0 aliphatic carbocycles. The van der Waals surface area contributed by atoms with Gasteiger partial charge in [-0.3, -0.25) is 14.6 Å². The maximum Gasteiger partial charge on any atom is 0.253 e. The standard InChI is InChI=1S/C38H48N6O4/c1-8-24-20(3)28-17-30-22(5)26(11-12-34(47)39-7)36(43-30)27(13-16-46)37-35(38(48)40-14-10-15-45)23(6)31(44-37)19-33-25(9-2)21(4)29(42-33)18-32(24)41-28/h8,17-19,22,26,41-42,45-46H,1,9-16H2,2-7H3,(H,39,47)(H,40,48). The summed E-state index contributed by atoms with van der Waals surface area (Å²) >= 11 is 0. The lowest BCUT2D eigenvalue weighted by Crippen LogP contribution is -2.26. The summed E-state index contributed by atoms with van der Waals surface area (Å²) in [6.07, 6.45) is 4.16. The number of nitrogens with zero attached hydrogens (tertiary/aromatic N) is 2. The highest BCUT2D eigenvalue weighted by Gasteiger charge is 2.34. The van der Waals surface area contributed by atoms with Gasteiger partial charge in [0.25, 0.3) is 5.91 Å². The van der Waals surface area contributed by atoms with E-state index in [1.54, 1.807) is 7.05 Å². The summed E-state index contributed by atoms with van der Waals surface area (Å²) in [5.74, 6) is -0.563. The van der Waals surface area contributed by atoms with E-state index in [1.807, 2.05) is 19.1 Å². The third kappa shape index (κ3) is 6.47. The van der Waals surface area contributed by atoms with E-state index in [0.717, 1.165) is 62.1 Å². The molecule has 2 atom stereocenters. The predicted octanol–water partition coefficient (Wildman–Crippen LogP) is 5.51. The van der Waals surface area contributed by atoms with Gasteiger partial charge in [0.1, 0.15) is 0 Å². The van der Waals surface area contributed by atoms with Crippen LogP contribution < -0.4 is 10.6 Å². The Labute approximate surface area is 281 Å². The maximum absolute atomic E-state index is 13.9. The Balaban J connectivity index is 1.95. The van der Waals surface area contributed by atoms with Gasteiger partial charge in [-0.2, -0.15) is 0 Å². The minimum atomic E-state index is -0.292. The van der Waals surface area contributed by atoms with Crippen molar-refractivity contribution < 1.29 is 19.8 Å². The van der Waals surface area contributed by atoms with Crippen LogP contribution in [0.3, 0.4) is 0 Å². The Kier molecular flexibility index (Phi) is 10.7. The first-order chi connectivity index (χ1) is 23.1. The molecule has 48 heavy (non-hydrogen) atoms. The highest BCUT2D eigenvalue weighted by atomic mass is 16.3. The molecule has 5 heterocycles. The van der Waals surface area contributed by atoms with Crippen LogP contribution in [0.4, 0.5) is 0 Å². The second-order valence-electron chi connectivity index (χ2n) is 12.7. The van der Waals surface area contributed by atoms with Crippen molar-refractivity contribution in [2.45, 2.75) is 78.6 Å². The van der Waals surface area contributed by atoms with Crippen LogP contribution in [0.5, 0.6) is 0 Å². The van der Waals surface area contributed by atoms with Crippen LogP contribution >= 0.6 is 0 Å². The second-order valence-corrected chi connectivity index (χ2v) is 12.7. The summed E-state index contributed by atoms with van der Waals surface area (Å²) < 4.78 is 0. The first-order valence-electron chi connectivity index (χ1n) is 16.9. The average Bonchev–Trinajstić information content (AvgIpc) is 3.75. The van der Waals surface area contributed by atoms with E-state index in [4.69, 9.17) is 9.97 Å². The van der Waals surface area contributed by atoms with Crippen LogP contribution in [0.1, 0.15) is 102 Å². The molecule has 10 nitrogen and oxygen atoms in total. The summed E-state index contributed by atoms with van der Waals surface area (Å²) in [5.41, 5.74) is 12.6. The number of hydrogen-bond donors (Lipinski definition) is 6. The van der Waals surface area contributed by atoms with Gasteiger partial charge in [-0.05, 0) is 86.9 Å². The van der Waals surface area contributed by atoms with Crippen molar-refractivity contribution in [3.05, 3.63) is 75.4 Å². The van der Waals surface area contributed by atoms with Crippen LogP contribution in [0.15, 0.2) is 24.8 Å². The molecule has 5 rings (SSSR count). The van der Waals surface area contributed by atoms with Crippen LogP contribution in [0.25, 0.3) is 39.3 Å². The molecule has 0 saturated heterocycles. The molecule has 2 amide bonds. The lowest BCUT2D eigenvalue weighted by Gasteiger charge is -2.18. The molecule has 0 saturated carbocycles. The van der Waals surface area contributed by atoms with Gasteiger partial charge in [-0.1, -0.05) is 26.5 Å². The zero-order chi connectivity index (χ0) is 34.7. The number of aliphatic hydroxyl groups excluding tert-OH is 2. The van der Waals surface area contributed by atoms with Gasteiger partial charge < -0.3 is 30.8 Å². The Morgan fingerprint density at radius 2 is 1.71 bits per heavy atom. The molecule has 3 aromatic rings. The molecular weight excluding hydrogens is 604 g/mol. The van der Waals surface area contributed by atoms with Crippen molar-refractivity contribution in [2.24, 2.45) is 0 Å². The van der Waals surface area contributed by atoms with Crippen molar-refractivity contribution in [3.63, 3.8) is 0 Å². The van der Waals surface area contributed by atoms with Crippen LogP contribution in [0, 0.1) is 13.8 Å². The van der Waals surface area contributed by atoms with E-state index >= 15 is 0 Å². The number of fused-ring (bicyclic) bond motifs is 8. The number of amides is 2. The largest absolute Gasteiger partial charge is 0.396 e. The molecule has 2 aliphatic heterocycles. The highest BCUT2D eigenvalue weighted by molar-refractivity contribution is 6.27. The average molecular weight is 653 g/mol. The lowest BCUT2D eigenvalue weighted by atomic mass is 9.84. The topological polar surface area (TPSA) is 156 Å². The summed E-state index contributed by atoms with van der Waals surface area (Å²) in [6, 6.07) is 6.19. The Hall–Kier alpha value is -4.54. The minimum absolute atomic E-state index is 0.0373. The van der Waals surface area contributed by atoms with Crippen molar-refractivity contribution in [2.75, 3.05) is 26.8 Å². The number of rotatable bonds is 11. The first-order valence-corrected chi connectivity index (χ1v) is 16.9. The van der Waals surface area contributed by atoms with Crippen LogP contribution in [0.2, 0.25) is 0 Å². The SMILES string of the molecule is C=Cc1c(C)c2cc3nc(c(CCO)c4nc(cc5[nH]c(cc1[nH]2)c(C)c5CC)C(C)=C4C(=O)NCCCO)C(CCC(=O)NC)C3C. The van der Waals surface area contributed by atoms with Gasteiger partial charge in [0, 0.05) is 89.6 Å². The molecule has 2 unspecified atom stereocenters. The number of aromatic nitrogens is 4. The molecule has 6 N–H and O–H groups in total. The lowest BCUT2D eigenvalue weighted by molar-refractivity contribution is -0.120. The summed E-state index contributed by atoms with van der Waals surface area (Å²) in [6.45, 7) is 14.5. The third-order valence-corrected chi connectivity index (χ3v) is 9.90. The Bertz CT molecular complexity index is 1950. The van der Waals surface area contributed by atoms with Gasteiger partial charge in [0.15, 0.2) is 0 Å². The third-order valence-electron chi connectivity index (χ3n) is 9.90. The van der Waals surface area contributed by atoms with Crippen molar-refractivity contribution >= 4 is 51.1 Å². The van der Waals surface area contributed by atoms with E-state index in [2.05, 4.69) is 67.0 Å². The van der Waals surface area contributed by atoms with E-state index in [0.29, 0.717) is 53.9 Å². The molecular formula is C38H48N6O4. The summed E-state index contributed by atoms with van der Waals surface area (Å²) in [4.78, 5) is 43.9. The number of carbonyl (C=O) groups excluding carboxylic acids is 2. The van der Waals surface area contributed by atoms with Crippen LogP contribution in [-0.2, 0) is 22.4 Å². The monoisotopic (exact) mass is 652 g/mol. The van der Waals surface area contributed by atoms with Gasteiger partial charge in [-0.25, -0.2) is 4.98 Å². The number of aryl methyl sites for hydroxylation is 3. The maximum atomic E-state index is 13.9. The molecule has 3 aromatic heterocycles. The number of H-pyrrole nitrogens is 2. The molecule has 0 aromatic carbocycles. The molecule has 0 radical (unpaired) electrons. The first kappa shape index (κ1) is 34.8. The molecule has 0 spiro atoms. The minimum Gasteiger partial charge on any atom is -0.396 e. The van der Waals surface area contributed by atoms with E-state index in [-0.39, 0.29) is 43.3 Å². The normalized spacial score (nSPS) is 15.9. The highest BCUT2D eigenvalue weighted by Crippen LogP contribution is 2.43. The molecule has 8 bridgehead atoms. The molecule has 254 valence electrons. The van der Waals surface area contributed by atoms with E-state index < -0.39 is 0 Å². The zero-order valence-electron chi connectivity index (χ0n) is 28.9. The summed E-state index contributed by atoms with van der Waals surface area (Å²) in [5, 5.41) is 25.5. The number of hydrogen-bond acceptors (Lipinski definition) is 6. The zero-order valence-corrected chi connectivity index (χ0v) is 28.9. The smallest absolute Gasteiger partial charge is 0.253 e. The molecule has 10 heteroatoms. The molecule has 0 fully saturated rings. The fourth-order valence-corrected chi connectivity index (χ4v) is 7.08. The fourth-order valence-electron chi connectivity index (χ4n) is 7.08. The number of carbonyl (C=O) groups is 2.